The maximum absolute atomic E-state index is 11.4. The van der Waals surface area contributed by atoms with Crippen molar-refractivity contribution in [2.24, 2.45) is 0 Å². The zero-order chi connectivity index (χ0) is 17.1. The number of hydrogen-bond acceptors (Lipinski definition) is 4. The van der Waals surface area contributed by atoms with E-state index in [9.17, 15) is 4.21 Å². The average Bonchev–Trinajstić information content (AvgIpc) is 3.04. The molecule has 0 amide bonds. The molecule has 0 aliphatic rings. The number of methoxy groups -OCH3 is 1. The van der Waals surface area contributed by atoms with Gasteiger partial charge in [-0.15, -0.1) is 0 Å². The highest BCUT2D eigenvalue weighted by molar-refractivity contribution is 7.84. The standard InChI is InChI=1S/C19H21NO3S/c1-13(20-12-14-7-9-16(10-8-14)24(3)21)18-11-15-5-4-6-17(22-2)19(15)23-18/h4-11,13,20H,12H2,1-3H3/t13-,24+/m0/s1. The van der Waals surface area contributed by atoms with Gasteiger partial charge in [-0.3, -0.25) is 4.21 Å². The first-order valence-corrected chi connectivity index (χ1v) is 9.36. The van der Waals surface area contributed by atoms with Crippen LogP contribution in [0.1, 0.15) is 24.3 Å². The van der Waals surface area contributed by atoms with Crippen molar-refractivity contribution in [2.45, 2.75) is 24.4 Å². The summed E-state index contributed by atoms with van der Waals surface area (Å²) >= 11 is 0. The van der Waals surface area contributed by atoms with Gasteiger partial charge in [0.1, 0.15) is 5.76 Å². The van der Waals surface area contributed by atoms with E-state index in [0.717, 1.165) is 32.9 Å². The van der Waals surface area contributed by atoms with Crippen molar-refractivity contribution in [3.05, 3.63) is 59.9 Å². The largest absolute Gasteiger partial charge is 0.493 e. The summed E-state index contributed by atoms with van der Waals surface area (Å²) in [7, 11) is 0.705. The predicted molar refractivity (Wildman–Crippen MR) is 96.8 cm³/mol. The predicted octanol–water partition coefficient (Wildman–Crippen LogP) is 4.03. The molecule has 0 saturated heterocycles. The maximum atomic E-state index is 11.4. The molecule has 1 N–H and O–H groups in total. The highest BCUT2D eigenvalue weighted by Gasteiger charge is 2.13. The van der Waals surface area contributed by atoms with E-state index >= 15 is 0 Å². The van der Waals surface area contributed by atoms with E-state index in [1.54, 1.807) is 13.4 Å². The third-order valence-corrected chi connectivity index (χ3v) is 4.98. The molecule has 0 radical (unpaired) electrons. The van der Waals surface area contributed by atoms with Crippen LogP contribution in [0.2, 0.25) is 0 Å². The number of hydrogen-bond donors (Lipinski definition) is 1. The van der Waals surface area contributed by atoms with E-state index in [0.29, 0.717) is 6.54 Å². The van der Waals surface area contributed by atoms with Crippen molar-refractivity contribution < 1.29 is 13.4 Å². The first-order chi connectivity index (χ1) is 11.6. The summed E-state index contributed by atoms with van der Waals surface area (Å²) in [4.78, 5) is 0.844. The third kappa shape index (κ3) is 3.52. The zero-order valence-electron chi connectivity index (χ0n) is 14.0. The number of furan rings is 1. The average molecular weight is 343 g/mol. The fourth-order valence-corrected chi connectivity index (χ4v) is 3.12. The van der Waals surface area contributed by atoms with Crippen LogP contribution in [0.4, 0.5) is 0 Å². The molecule has 0 unspecified atom stereocenters. The van der Waals surface area contributed by atoms with Crippen LogP contribution < -0.4 is 10.1 Å². The Labute approximate surface area is 144 Å². The van der Waals surface area contributed by atoms with Crippen molar-refractivity contribution in [1.82, 2.24) is 5.32 Å². The Bertz CT molecular complexity index is 855. The minimum absolute atomic E-state index is 0.0714. The summed E-state index contributed by atoms with van der Waals surface area (Å²) < 4.78 is 22.7. The zero-order valence-corrected chi connectivity index (χ0v) is 14.9. The molecule has 1 aromatic heterocycles. The van der Waals surface area contributed by atoms with Crippen LogP contribution in [-0.2, 0) is 17.3 Å². The molecule has 1 heterocycles. The molecule has 5 heteroatoms. The quantitative estimate of drug-likeness (QED) is 0.734. The Morgan fingerprint density at radius 1 is 1.21 bits per heavy atom. The van der Waals surface area contributed by atoms with Gasteiger partial charge in [-0.2, -0.15) is 0 Å². The molecule has 126 valence electrons. The smallest absolute Gasteiger partial charge is 0.176 e. The topological polar surface area (TPSA) is 51.5 Å². The summed E-state index contributed by atoms with van der Waals surface area (Å²) in [6, 6.07) is 15.8. The normalized spacial score (nSPS) is 13.8. The van der Waals surface area contributed by atoms with Gasteiger partial charge >= 0.3 is 0 Å². The van der Waals surface area contributed by atoms with Gasteiger partial charge in [0, 0.05) is 33.9 Å². The fraction of sp³-hybridized carbons (Fsp3) is 0.263. The Morgan fingerprint density at radius 2 is 1.96 bits per heavy atom. The molecule has 0 fully saturated rings. The first kappa shape index (κ1) is 16.7. The molecule has 3 aromatic rings. The monoisotopic (exact) mass is 343 g/mol. The summed E-state index contributed by atoms with van der Waals surface area (Å²) in [5, 5.41) is 4.49. The van der Waals surface area contributed by atoms with Crippen LogP contribution in [0.25, 0.3) is 11.0 Å². The van der Waals surface area contributed by atoms with Crippen molar-refractivity contribution in [2.75, 3.05) is 13.4 Å². The molecular formula is C19H21NO3S. The maximum Gasteiger partial charge on any atom is 0.176 e. The lowest BCUT2D eigenvalue weighted by Crippen LogP contribution is -2.17. The molecule has 4 nitrogen and oxygen atoms in total. The van der Waals surface area contributed by atoms with E-state index in [1.165, 1.54) is 0 Å². The minimum Gasteiger partial charge on any atom is -0.493 e. The van der Waals surface area contributed by atoms with E-state index in [-0.39, 0.29) is 6.04 Å². The second-order valence-corrected chi connectivity index (χ2v) is 7.11. The Morgan fingerprint density at radius 3 is 2.62 bits per heavy atom. The van der Waals surface area contributed by atoms with E-state index in [1.807, 2.05) is 48.5 Å². The summed E-state index contributed by atoms with van der Waals surface area (Å²) in [6.45, 7) is 2.78. The summed E-state index contributed by atoms with van der Waals surface area (Å²) in [5.41, 5.74) is 1.92. The molecule has 0 aliphatic heterocycles. The van der Waals surface area contributed by atoms with E-state index in [2.05, 4.69) is 12.2 Å². The van der Waals surface area contributed by atoms with Gasteiger partial charge in [0.2, 0.25) is 0 Å². The number of para-hydroxylation sites is 1. The van der Waals surface area contributed by atoms with Gasteiger partial charge in [0.15, 0.2) is 11.3 Å². The van der Waals surface area contributed by atoms with Crippen molar-refractivity contribution in [3.8, 4) is 5.75 Å². The molecule has 0 bridgehead atoms. The Balaban J connectivity index is 1.70. The summed E-state index contributed by atoms with van der Waals surface area (Å²) in [6.07, 6.45) is 1.69. The number of benzene rings is 2. The van der Waals surface area contributed by atoms with Crippen molar-refractivity contribution in [3.63, 3.8) is 0 Å². The van der Waals surface area contributed by atoms with Crippen molar-refractivity contribution in [1.29, 1.82) is 0 Å². The summed E-state index contributed by atoms with van der Waals surface area (Å²) in [5.74, 6) is 1.62. The van der Waals surface area contributed by atoms with Gasteiger partial charge in [-0.05, 0) is 36.8 Å². The first-order valence-electron chi connectivity index (χ1n) is 7.80. The van der Waals surface area contributed by atoms with Crippen LogP contribution in [0.5, 0.6) is 5.75 Å². The van der Waals surface area contributed by atoms with Gasteiger partial charge in [-0.1, -0.05) is 24.3 Å². The fourth-order valence-electron chi connectivity index (χ4n) is 2.60. The SMILES string of the molecule is COc1cccc2cc([C@H](C)NCc3ccc([S@@](C)=O)cc3)oc12. The molecule has 3 rings (SSSR count). The number of ether oxygens (including phenoxy) is 1. The molecule has 2 aromatic carbocycles. The van der Waals surface area contributed by atoms with Crippen LogP contribution >= 0.6 is 0 Å². The van der Waals surface area contributed by atoms with E-state index in [4.69, 9.17) is 9.15 Å². The molecule has 24 heavy (non-hydrogen) atoms. The van der Waals surface area contributed by atoms with Crippen molar-refractivity contribution >= 4 is 21.8 Å². The Hall–Kier alpha value is -2.11. The van der Waals surface area contributed by atoms with Gasteiger partial charge < -0.3 is 14.5 Å². The number of nitrogens with one attached hydrogen (secondary N) is 1. The van der Waals surface area contributed by atoms with Crippen LogP contribution in [0.15, 0.2) is 57.8 Å². The lowest BCUT2D eigenvalue weighted by Gasteiger charge is -2.11. The minimum atomic E-state index is -0.939. The number of rotatable bonds is 6. The second kappa shape index (κ2) is 7.20. The third-order valence-electron chi connectivity index (χ3n) is 4.04. The second-order valence-electron chi connectivity index (χ2n) is 5.73. The van der Waals surface area contributed by atoms with Crippen LogP contribution in [0, 0.1) is 0 Å². The van der Waals surface area contributed by atoms with Gasteiger partial charge in [0.05, 0.1) is 13.2 Å². The van der Waals surface area contributed by atoms with Gasteiger partial charge in [0.25, 0.3) is 0 Å². The molecule has 2 atom stereocenters. The van der Waals surface area contributed by atoms with E-state index < -0.39 is 10.8 Å². The molecule has 0 aliphatic carbocycles. The molecule has 0 spiro atoms. The highest BCUT2D eigenvalue weighted by atomic mass is 32.2. The highest BCUT2D eigenvalue weighted by Crippen LogP contribution is 2.30. The van der Waals surface area contributed by atoms with Gasteiger partial charge in [-0.25, -0.2) is 0 Å². The Kier molecular flexibility index (Phi) is 5.02. The lowest BCUT2D eigenvalue weighted by atomic mass is 10.2. The molecule has 0 saturated carbocycles. The lowest BCUT2D eigenvalue weighted by molar-refractivity contribution is 0.399. The molecular weight excluding hydrogens is 322 g/mol. The number of fused-ring (bicyclic) bond motifs is 1. The van der Waals surface area contributed by atoms with Crippen LogP contribution in [-0.4, -0.2) is 17.6 Å². The van der Waals surface area contributed by atoms with Crippen LogP contribution in [0.3, 0.4) is 0 Å².